The highest BCUT2D eigenvalue weighted by molar-refractivity contribution is 5.80. The van der Waals surface area contributed by atoms with Gasteiger partial charge >= 0.3 is 11.9 Å². The number of hydrogen-bond acceptors (Lipinski definition) is 4. The van der Waals surface area contributed by atoms with Gasteiger partial charge in [0.15, 0.2) is 0 Å². The van der Waals surface area contributed by atoms with Crippen LogP contribution in [0.15, 0.2) is 60.7 Å². The molecule has 0 aliphatic carbocycles. The third-order valence-corrected chi connectivity index (χ3v) is 3.28. The fraction of sp³-hybridized carbons (Fsp3) is 0.263. The maximum atomic E-state index is 12.1. The summed E-state index contributed by atoms with van der Waals surface area (Å²) in [6.07, 6.45) is -0.486. The van der Waals surface area contributed by atoms with Crippen LogP contribution in [0.1, 0.15) is 18.1 Å². The Kier molecular flexibility index (Phi) is 6.36. The molecule has 120 valence electrons. The Hall–Kier alpha value is -2.62. The van der Waals surface area contributed by atoms with Crippen molar-refractivity contribution in [2.45, 2.75) is 25.9 Å². The molecule has 4 nitrogen and oxygen atoms in total. The molecule has 0 N–H and O–H groups in total. The summed E-state index contributed by atoms with van der Waals surface area (Å²) in [6, 6.07) is 18.7. The summed E-state index contributed by atoms with van der Waals surface area (Å²) >= 11 is 0. The van der Waals surface area contributed by atoms with Gasteiger partial charge in [-0.3, -0.25) is 4.79 Å². The van der Waals surface area contributed by atoms with E-state index in [4.69, 9.17) is 9.47 Å². The van der Waals surface area contributed by atoms with Crippen molar-refractivity contribution in [2.24, 2.45) is 0 Å². The van der Waals surface area contributed by atoms with Gasteiger partial charge in [-0.15, -0.1) is 0 Å². The fourth-order valence-corrected chi connectivity index (χ4v) is 2.20. The van der Waals surface area contributed by atoms with Crippen molar-refractivity contribution >= 4 is 11.9 Å². The molecule has 2 aromatic rings. The molecular weight excluding hydrogens is 292 g/mol. The van der Waals surface area contributed by atoms with E-state index >= 15 is 0 Å². The lowest BCUT2D eigenvalue weighted by Crippen LogP contribution is -2.31. The van der Waals surface area contributed by atoms with Crippen LogP contribution in [0.3, 0.4) is 0 Å². The lowest BCUT2D eigenvalue weighted by molar-refractivity contribution is -0.167. The topological polar surface area (TPSA) is 52.6 Å². The molecule has 0 amide bonds. The second kappa shape index (κ2) is 8.73. The van der Waals surface area contributed by atoms with Gasteiger partial charge in [-0.2, -0.15) is 0 Å². The smallest absolute Gasteiger partial charge is 0.347 e. The quantitative estimate of drug-likeness (QED) is 0.738. The number of carbonyl (C=O) groups excluding carboxylic acids is 2. The second-order valence-electron chi connectivity index (χ2n) is 5.08. The molecule has 0 aliphatic rings. The van der Waals surface area contributed by atoms with Crippen molar-refractivity contribution in [3.63, 3.8) is 0 Å². The maximum absolute atomic E-state index is 12.1. The van der Waals surface area contributed by atoms with E-state index in [2.05, 4.69) is 0 Å². The number of carbonyl (C=O) groups is 2. The number of benzene rings is 2. The van der Waals surface area contributed by atoms with Gasteiger partial charge in [0.25, 0.3) is 0 Å². The third-order valence-electron chi connectivity index (χ3n) is 3.28. The van der Waals surface area contributed by atoms with Crippen LogP contribution in [0.5, 0.6) is 0 Å². The molecule has 0 radical (unpaired) electrons. The Morgan fingerprint density at radius 2 is 1.48 bits per heavy atom. The minimum absolute atomic E-state index is 0.130. The van der Waals surface area contributed by atoms with Crippen LogP contribution >= 0.6 is 0 Å². The summed E-state index contributed by atoms with van der Waals surface area (Å²) in [5.41, 5.74) is 1.76. The highest BCUT2D eigenvalue weighted by Gasteiger charge is 2.24. The highest BCUT2D eigenvalue weighted by atomic mass is 16.6. The first-order chi connectivity index (χ1) is 11.2. The standard InChI is InChI=1S/C19H20O4/c1-2-22-19(21)17(13-15-9-5-3-6-10-15)23-18(20)14-16-11-7-4-8-12-16/h3-12,17H,2,13-14H2,1H3. The van der Waals surface area contributed by atoms with Crippen LogP contribution in [0.2, 0.25) is 0 Å². The van der Waals surface area contributed by atoms with E-state index in [1.165, 1.54) is 0 Å². The van der Waals surface area contributed by atoms with E-state index in [9.17, 15) is 9.59 Å². The summed E-state index contributed by atoms with van der Waals surface area (Å²) in [4.78, 5) is 24.1. The molecule has 0 fully saturated rings. The molecule has 0 aromatic heterocycles. The Bertz CT molecular complexity index is 622. The SMILES string of the molecule is CCOC(=O)C(Cc1ccccc1)OC(=O)Cc1ccccc1. The van der Waals surface area contributed by atoms with Crippen LogP contribution in [-0.4, -0.2) is 24.6 Å². The third kappa shape index (κ3) is 5.58. The van der Waals surface area contributed by atoms with Gasteiger partial charge in [-0.05, 0) is 18.1 Å². The molecule has 23 heavy (non-hydrogen) atoms. The number of esters is 2. The molecule has 4 heteroatoms. The first kappa shape index (κ1) is 16.7. The van der Waals surface area contributed by atoms with Gasteiger partial charge in [-0.25, -0.2) is 4.79 Å². The molecule has 1 unspecified atom stereocenters. The molecule has 1 atom stereocenters. The summed E-state index contributed by atoms with van der Waals surface area (Å²) in [5.74, 6) is -0.956. The van der Waals surface area contributed by atoms with Gasteiger partial charge in [0, 0.05) is 6.42 Å². The fourth-order valence-electron chi connectivity index (χ4n) is 2.20. The van der Waals surface area contributed by atoms with E-state index in [-0.39, 0.29) is 13.0 Å². The minimum atomic E-state index is -0.923. The van der Waals surface area contributed by atoms with Crippen molar-refractivity contribution in [1.82, 2.24) is 0 Å². The van der Waals surface area contributed by atoms with Gasteiger partial charge in [0.1, 0.15) is 0 Å². The Balaban J connectivity index is 2.01. The van der Waals surface area contributed by atoms with Crippen molar-refractivity contribution in [2.75, 3.05) is 6.61 Å². The van der Waals surface area contributed by atoms with Crippen molar-refractivity contribution in [3.8, 4) is 0 Å². The molecule has 0 saturated heterocycles. The number of ether oxygens (including phenoxy) is 2. The number of hydrogen-bond donors (Lipinski definition) is 0. The molecule has 0 aliphatic heterocycles. The molecule has 0 bridgehead atoms. The average Bonchev–Trinajstić information content (AvgIpc) is 2.56. The molecule has 0 heterocycles. The van der Waals surface area contributed by atoms with E-state index in [1.807, 2.05) is 60.7 Å². The summed E-state index contributed by atoms with van der Waals surface area (Å²) in [5, 5.41) is 0. The largest absolute Gasteiger partial charge is 0.463 e. The lowest BCUT2D eigenvalue weighted by Gasteiger charge is -2.16. The van der Waals surface area contributed by atoms with Gasteiger partial charge < -0.3 is 9.47 Å². The van der Waals surface area contributed by atoms with Gasteiger partial charge in [-0.1, -0.05) is 60.7 Å². The van der Waals surface area contributed by atoms with Crippen molar-refractivity contribution in [1.29, 1.82) is 0 Å². The first-order valence-electron chi connectivity index (χ1n) is 7.63. The molecule has 2 rings (SSSR count). The predicted molar refractivity (Wildman–Crippen MR) is 86.8 cm³/mol. The Labute approximate surface area is 136 Å². The molecule has 0 spiro atoms. The highest BCUT2D eigenvalue weighted by Crippen LogP contribution is 2.10. The molecule has 0 saturated carbocycles. The van der Waals surface area contributed by atoms with Gasteiger partial charge in [0.2, 0.25) is 6.10 Å². The van der Waals surface area contributed by atoms with Crippen molar-refractivity contribution < 1.29 is 19.1 Å². The predicted octanol–water partition coefficient (Wildman–Crippen LogP) is 2.95. The maximum Gasteiger partial charge on any atom is 0.347 e. The summed E-state index contributed by atoms with van der Waals surface area (Å²) in [6.45, 7) is 1.98. The van der Waals surface area contributed by atoms with E-state index in [0.717, 1.165) is 11.1 Å². The summed E-state index contributed by atoms with van der Waals surface area (Å²) in [7, 11) is 0. The monoisotopic (exact) mass is 312 g/mol. The zero-order valence-electron chi connectivity index (χ0n) is 13.1. The van der Waals surface area contributed by atoms with E-state index in [1.54, 1.807) is 6.92 Å². The molecular formula is C19H20O4. The van der Waals surface area contributed by atoms with E-state index < -0.39 is 18.0 Å². The Morgan fingerprint density at radius 1 is 0.913 bits per heavy atom. The number of rotatable bonds is 7. The normalized spacial score (nSPS) is 11.5. The summed E-state index contributed by atoms with van der Waals surface area (Å²) < 4.78 is 10.4. The van der Waals surface area contributed by atoms with Crippen LogP contribution in [0, 0.1) is 0 Å². The lowest BCUT2D eigenvalue weighted by atomic mass is 10.1. The average molecular weight is 312 g/mol. The zero-order chi connectivity index (χ0) is 16.5. The second-order valence-corrected chi connectivity index (χ2v) is 5.08. The zero-order valence-corrected chi connectivity index (χ0v) is 13.1. The van der Waals surface area contributed by atoms with Crippen LogP contribution in [0.25, 0.3) is 0 Å². The van der Waals surface area contributed by atoms with Crippen LogP contribution in [-0.2, 0) is 31.9 Å². The van der Waals surface area contributed by atoms with Crippen LogP contribution in [0.4, 0.5) is 0 Å². The van der Waals surface area contributed by atoms with Gasteiger partial charge in [0.05, 0.1) is 13.0 Å². The molecule has 2 aromatic carbocycles. The van der Waals surface area contributed by atoms with Crippen molar-refractivity contribution in [3.05, 3.63) is 71.8 Å². The van der Waals surface area contributed by atoms with E-state index in [0.29, 0.717) is 6.42 Å². The minimum Gasteiger partial charge on any atom is -0.463 e. The first-order valence-corrected chi connectivity index (χ1v) is 7.63. The Morgan fingerprint density at radius 3 is 2.04 bits per heavy atom. The van der Waals surface area contributed by atoms with Crippen LogP contribution < -0.4 is 0 Å².